The minimum atomic E-state index is 0.0157. The van der Waals surface area contributed by atoms with Crippen molar-refractivity contribution in [1.29, 1.82) is 0 Å². The zero-order chi connectivity index (χ0) is 12.1. The maximum atomic E-state index is 11.8. The van der Waals surface area contributed by atoms with Gasteiger partial charge in [-0.15, -0.1) is 11.3 Å². The molecule has 1 aliphatic rings. The summed E-state index contributed by atoms with van der Waals surface area (Å²) in [4.78, 5) is 14.9. The van der Waals surface area contributed by atoms with E-state index in [9.17, 15) is 4.79 Å². The Hall–Kier alpha value is -0.430. The highest BCUT2D eigenvalue weighted by atomic mass is 79.9. The lowest BCUT2D eigenvalue weighted by Crippen LogP contribution is -2.46. The Morgan fingerprint density at radius 2 is 2.29 bits per heavy atom. The molecule has 1 aromatic rings. The summed E-state index contributed by atoms with van der Waals surface area (Å²) >= 11 is 4.83. The molecule has 6 heteroatoms. The van der Waals surface area contributed by atoms with Gasteiger partial charge in [0.2, 0.25) is 0 Å². The lowest BCUT2D eigenvalue weighted by molar-refractivity contribution is 0.0950. The topological polar surface area (TPSA) is 44.4 Å². The fraction of sp³-hybridized carbons (Fsp3) is 0.545. The predicted octanol–water partition coefficient (Wildman–Crippen LogP) is 1.15. The molecule has 2 N–H and O–H groups in total. The van der Waals surface area contributed by atoms with Gasteiger partial charge in [-0.05, 0) is 27.4 Å². The van der Waals surface area contributed by atoms with Crippen molar-refractivity contribution >= 4 is 33.2 Å². The monoisotopic (exact) mass is 317 g/mol. The van der Waals surface area contributed by atoms with E-state index in [0.29, 0.717) is 6.54 Å². The van der Waals surface area contributed by atoms with E-state index < -0.39 is 0 Å². The zero-order valence-corrected chi connectivity index (χ0v) is 11.9. The van der Waals surface area contributed by atoms with E-state index in [-0.39, 0.29) is 5.91 Å². The Morgan fingerprint density at radius 1 is 1.53 bits per heavy atom. The third-order valence-corrected chi connectivity index (χ3v) is 4.58. The first kappa shape index (κ1) is 13.0. The average molecular weight is 318 g/mol. The fourth-order valence-corrected chi connectivity index (χ4v) is 3.27. The number of piperazine rings is 1. The highest BCUT2D eigenvalue weighted by Gasteiger charge is 2.12. The van der Waals surface area contributed by atoms with Gasteiger partial charge in [0.1, 0.15) is 4.88 Å². The standard InChI is InChI=1S/C11H16BrN3OS/c12-9-1-8-17-10(9)11(16)14-4-7-15-5-2-13-3-6-15/h1,8,13H,2-7H2,(H,14,16). The minimum Gasteiger partial charge on any atom is -0.350 e. The van der Waals surface area contributed by atoms with Crippen LogP contribution in [0.1, 0.15) is 9.67 Å². The normalized spacial score (nSPS) is 17.0. The molecular formula is C11H16BrN3OS. The Labute approximate surface area is 114 Å². The Morgan fingerprint density at radius 3 is 2.94 bits per heavy atom. The van der Waals surface area contributed by atoms with Crippen LogP contribution in [0.2, 0.25) is 0 Å². The number of rotatable bonds is 4. The van der Waals surface area contributed by atoms with Crippen LogP contribution in [0, 0.1) is 0 Å². The number of amides is 1. The zero-order valence-electron chi connectivity index (χ0n) is 9.54. The first-order valence-electron chi connectivity index (χ1n) is 5.71. The molecule has 0 bridgehead atoms. The van der Waals surface area contributed by atoms with Gasteiger partial charge < -0.3 is 10.6 Å². The molecule has 0 aromatic carbocycles. The van der Waals surface area contributed by atoms with Crippen LogP contribution in [-0.4, -0.2) is 50.1 Å². The average Bonchev–Trinajstić information content (AvgIpc) is 2.77. The van der Waals surface area contributed by atoms with Gasteiger partial charge in [-0.2, -0.15) is 0 Å². The minimum absolute atomic E-state index is 0.0157. The molecule has 2 rings (SSSR count). The summed E-state index contributed by atoms with van der Waals surface area (Å²) in [6.45, 7) is 5.87. The van der Waals surface area contributed by atoms with E-state index in [0.717, 1.165) is 42.1 Å². The molecule has 1 amide bonds. The summed E-state index contributed by atoms with van der Waals surface area (Å²) < 4.78 is 0.877. The lowest BCUT2D eigenvalue weighted by Gasteiger charge is -2.27. The smallest absolute Gasteiger partial charge is 0.262 e. The van der Waals surface area contributed by atoms with E-state index in [1.807, 2.05) is 11.4 Å². The first-order valence-corrected chi connectivity index (χ1v) is 7.39. The number of nitrogens with zero attached hydrogens (tertiary/aromatic N) is 1. The second kappa shape index (κ2) is 6.49. The Balaban J connectivity index is 1.71. The van der Waals surface area contributed by atoms with Crippen molar-refractivity contribution in [3.63, 3.8) is 0 Å². The van der Waals surface area contributed by atoms with Gasteiger partial charge in [-0.1, -0.05) is 0 Å². The summed E-state index contributed by atoms with van der Waals surface area (Å²) in [5.74, 6) is 0.0157. The molecule has 0 saturated carbocycles. The van der Waals surface area contributed by atoms with Gasteiger partial charge >= 0.3 is 0 Å². The molecule has 0 atom stereocenters. The molecule has 0 spiro atoms. The highest BCUT2D eigenvalue weighted by Crippen LogP contribution is 2.22. The summed E-state index contributed by atoms with van der Waals surface area (Å²) in [5, 5.41) is 8.17. The van der Waals surface area contributed by atoms with Gasteiger partial charge in [-0.25, -0.2) is 0 Å². The maximum Gasteiger partial charge on any atom is 0.262 e. The quantitative estimate of drug-likeness (QED) is 0.875. The summed E-state index contributed by atoms with van der Waals surface area (Å²) in [5.41, 5.74) is 0. The van der Waals surface area contributed by atoms with Crippen molar-refractivity contribution in [2.24, 2.45) is 0 Å². The van der Waals surface area contributed by atoms with Gasteiger partial charge in [0.15, 0.2) is 0 Å². The molecule has 94 valence electrons. The molecule has 1 saturated heterocycles. The van der Waals surface area contributed by atoms with Crippen molar-refractivity contribution in [1.82, 2.24) is 15.5 Å². The number of thiophene rings is 1. The van der Waals surface area contributed by atoms with Gasteiger partial charge in [-0.3, -0.25) is 9.69 Å². The van der Waals surface area contributed by atoms with Gasteiger partial charge in [0.25, 0.3) is 5.91 Å². The van der Waals surface area contributed by atoms with Crippen LogP contribution in [0.4, 0.5) is 0 Å². The van der Waals surface area contributed by atoms with Crippen LogP contribution >= 0.6 is 27.3 Å². The van der Waals surface area contributed by atoms with Gasteiger partial charge in [0, 0.05) is 43.7 Å². The number of carbonyl (C=O) groups is 1. The Kier molecular flexibility index (Phi) is 4.97. The lowest BCUT2D eigenvalue weighted by atomic mass is 10.3. The molecule has 1 aliphatic heterocycles. The van der Waals surface area contributed by atoms with Crippen molar-refractivity contribution in [2.75, 3.05) is 39.3 Å². The van der Waals surface area contributed by atoms with Crippen molar-refractivity contribution in [2.45, 2.75) is 0 Å². The van der Waals surface area contributed by atoms with E-state index in [1.54, 1.807) is 0 Å². The van der Waals surface area contributed by atoms with E-state index in [4.69, 9.17) is 0 Å². The van der Waals surface area contributed by atoms with Crippen molar-refractivity contribution in [3.05, 3.63) is 20.8 Å². The maximum absolute atomic E-state index is 11.8. The molecule has 0 radical (unpaired) electrons. The molecular weight excluding hydrogens is 302 g/mol. The largest absolute Gasteiger partial charge is 0.350 e. The van der Waals surface area contributed by atoms with Crippen LogP contribution in [0.5, 0.6) is 0 Å². The predicted molar refractivity (Wildman–Crippen MR) is 73.7 cm³/mol. The second-order valence-electron chi connectivity index (χ2n) is 3.95. The summed E-state index contributed by atoms with van der Waals surface area (Å²) in [7, 11) is 0. The number of nitrogens with one attached hydrogen (secondary N) is 2. The molecule has 4 nitrogen and oxygen atoms in total. The third kappa shape index (κ3) is 3.77. The number of halogens is 1. The molecule has 1 aromatic heterocycles. The van der Waals surface area contributed by atoms with E-state index in [2.05, 4.69) is 31.5 Å². The van der Waals surface area contributed by atoms with E-state index in [1.165, 1.54) is 11.3 Å². The van der Waals surface area contributed by atoms with E-state index >= 15 is 0 Å². The first-order chi connectivity index (χ1) is 8.27. The van der Waals surface area contributed by atoms with Crippen LogP contribution < -0.4 is 10.6 Å². The molecule has 17 heavy (non-hydrogen) atoms. The van der Waals surface area contributed by atoms with Crippen LogP contribution in [0.25, 0.3) is 0 Å². The fourth-order valence-electron chi connectivity index (χ4n) is 1.80. The molecule has 0 aliphatic carbocycles. The Bertz CT molecular complexity index is 377. The third-order valence-electron chi connectivity index (χ3n) is 2.75. The van der Waals surface area contributed by atoms with Crippen molar-refractivity contribution in [3.8, 4) is 0 Å². The van der Waals surface area contributed by atoms with Crippen LogP contribution in [-0.2, 0) is 0 Å². The molecule has 0 unspecified atom stereocenters. The highest BCUT2D eigenvalue weighted by molar-refractivity contribution is 9.10. The number of hydrogen-bond donors (Lipinski definition) is 2. The van der Waals surface area contributed by atoms with Crippen LogP contribution in [0.3, 0.4) is 0 Å². The summed E-state index contributed by atoms with van der Waals surface area (Å²) in [6.07, 6.45) is 0. The van der Waals surface area contributed by atoms with Crippen molar-refractivity contribution < 1.29 is 4.79 Å². The number of carbonyl (C=O) groups excluding carboxylic acids is 1. The van der Waals surface area contributed by atoms with Gasteiger partial charge in [0.05, 0.1) is 0 Å². The molecule has 1 fully saturated rings. The molecule has 2 heterocycles. The summed E-state index contributed by atoms with van der Waals surface area (Å²) in [6, 6.07) is 1.90. The second-order valence-corrected chi connectivity index (χ2v) is 5.72. The van der Waals surface area contributed by atoms with Crippen LogP contribution in [0.15, 0.2) is 15.9 Å². The SMILES string of the molecule is O=C(NCCN1CCNCC1)c1sccc1Br. The number of hydrogen-bond acceptors (Lipinski definition) is 4.